The van der Waals surface area contributed by atoms with Crippen molar-refractivity contribution < 1.29 is 0 Å². The van der Waals surface area contributed by atoms with Gasteiger partial charge in [0.25, 0.3) is 0 Å². The first-order valence-electron chi connectivity index (χ1n) is 5.88. The van der Waals surface area contributed by atoms with Crippen molar-refractivity contribution in [3.05, 3.63) is 59.7 Å². The zero-order chi connectivity index (χ0) is 12.1. The third-order valence-corrected chi connectivity index (χ3v) is 2.85. The molecule has 3 nitrogen and oxygen atoms in total. The van der Waals surface area contributed by atoms with E-state index >= 15 is 0 Å². The highest BCUT2D eigenvalue weighted by Crippen LogP contribution is 2.18. The van der Waals surface area contributed by atoms with Crippen LogP contribution in [-0.2, 0) is 6.42 Å². The lowest BCUT2D eigenvalue weighted by Crippen LogP contribution is -2.20. The minimum atomic E-state index is 0.0575. The quantitative estimate of drug-likeness (QED) is 0.871. The summed E-state index contributed by atoms with van der Waals surface area (Å²) in [4.78, 5) is 8.59. The molecular formula is C14H17N3. The molecular weight excluding hydrogens is 210 g/mol. The first-order valence-corrected chi connectivity index (χ1v) is 5.88. The van der Waals surface area contributed by atoms with Crippen LogP contribution in [0, 0.1) is 0 Å². The molecule has 0 aliphatic carbocycles. The van der Waals surface area contributed by atoms with Crippen LogP contribution in [0.3, 0.4) is 0 Å². The van der Waals surface area contributed by atoms with Gasteiger partial charge in [0, 0.05) is 12.4 Å². The lowest BCUT2D eigenvalue weighted by atomic mass is 10.0. The fourth-order valence-electron chi connectivity index (χ4n) is 1.85. The van der Waals surface area contributed by atoms with E-state index in [9.17, 15) is 0 Å². The average molecular weight is 227 g/mol. The van der Waals surface area contributed by atoms with Crippen LogP contribution in [0.15, 0.2) is 42.7 Å². The van der Waals surface area contributed by atoms with Crippen LogP contribution >= 0.6 is 0 Å². The van der Waals surface area contributed by atoms with Gasteiger partial charge >= 0.3 is 0 Å². The second-order valence-corrected chi connectivity index (χ2v) is 3.92. The lowest BCUT2D eigenvalue weighted by molar-refractivity contribution is 0.646. The molecule has 0 aliphatic heterocycles. The van der Waals surface area contributed by atoms with Crippen LogP contribution in [0.2, 0.25) is 0 Å². The van der Waals surface area contributed by atoms with Crippen molar-refractivity contribution in [1.82, 2.24) is 15.3 Å². The maximum Gasteiger partial charge on any atom is 0.149 e. The summed E-state index contributed by atoms with van der Waals surface area (Å²) in [5, 5.41) is 3.25. The minimum Gasteiger partial charge on any atom is -0.307 e. The van der Waals surface area contributed by atoms with E-state index in [1.807, 2.05) is 13.1 Å². The molecule has 1 atom stereocenters. The topological polar surface area (TPSA) is 37.8 Å². The van der Waals surface area contributed by atoms with Gasteiger partial charge in [0.1, 0.15) is 5.82 Å². The fourth-order valence-corrected chi connectivity index (χ4v) is 1.85. The number of rotatable bonds is 4. The lowest BCUT2D eigenvalue weighted by Gasteiger charge is -2.15. The highest BCUT2D eigenvalue weighted by molar-refractivity contribution is 5.28. The number of aryl methyl sites for hydroxylation is 1. The van der Waals surface area contributed by atoms with Gasteiger partial charge in [-0.05, 0) is 30.7 Å². The van der Waals surface area contributed by atoms with E-state index in [0.29, 0.717) is 0 Å². The van der Waals surface area contributed by atoms with E-state index in [-0.39, 0.29) is 6.04 Å². The molecule has 0 spiro atoms. The van der Waals surface area contributed by atoms with Crippen molar-refractivity contribution in [3.63, 3.8) is 0 Å². The van der Waals surface area contributed by atoms with Crippen LogP contribution in [0.25, 0.3) is 0 Å². The van der Waals surface area contributed by atoms with E-state index in [2.05, 4.69) is 46.5 Å². The van der Waals surface area contributed by atoms with Crippen molar-refractivity contribution in [2.75, 3.05) is 7.05 Å². The highest BCUT2D eigenvalue weighted by atomic mass is 15.0. The Bertz CT molecular complexity index is 451. The molecule has 1 unspecified atom stereocenters. The summed E-state index contributed by atoms with van der Waals surface area (Å²) >= 11 is 0. The zero-order valence-corrected chi connectivity index (χ0v) is 10.2. The van der Waals surface area contributed by atoms with E-state index in [0.717, 1.165) is 12.2 Å². The van der Waals surface area contributed by atoms with Crippen LogP contribution in [-0.4, -0.2) is 17.0 Å². The van der Waals surface area contributed by atoms with Crippen molar-refractivity contribution >= 4 is 0 Å². The van der Waals surface area contributed by atoms with Crippen molar-refractivity contribution in [2.24, 2.45) is 0 Å². The Morgan fingerprint density at radius 1 is 1.12 bits per heavy atom. The number of nitrogens with zero attached hydrogens (tertiary/aromatic N) is 2. The standard InChI is InChI=1S/C14H17N3/c1-3-11-5-7-12(8-6-11)13(15-2)14-16-9-4-10-17-14/h4-10,13,15H,3H2,1-2H3. The van der Waals surface area contributed by atoms with E-state index in [1.54, 1.807) is 12.4 Å². The van der Waals surface area contributed by atoms with Crippen molar-refractivity contribution in [1.29, 1.82) is 0 Å². The number of aromatic nitrogens is 2. The number of benzene rings is 1. The molecule has 0 aliphatic rings. The predicted octanol–water partition coefficient (Wildman–Crippen LogP) is 2.35. The van der Waals surface area contributed by atoms with E-state index in [1.165, 1.54) is 11.1 Å². The molecule has 1 N–H and O–H groups in total. The van der Waals surface area contributed by atoms with Crippen LogP contribution in [0.4, 0.5) is 0 Å². The molecule has 17 heavy (non-hydrogen) atoms. The minimum absolute atomic E-state index is 0.0575. The van der Waals surface area contributed by atoms with Gasteiger partial charge in [-0.3, -0.25) is 0 Å². The predicted molar refractivity (Wildman–Crippen MR) is 68.8 cm³/mol. The Morgan fingerprint density at radius 2 is 1.76 bits per heavy atom. The first-order chi connectivity index (χ1) is 8.35. The molecule has 0 saturated heterocycles. The summed E-state index contributed by atoms with van der Waals surface area (Å²) in [6.07, 6.45) is 4.60. The average Bonchev–Trinajstić information content (AvgIpc) is 2.42. The normalized spacial score (nSPS) is 12.4. The Labute approximate surface area is 102 Å². The maximum atomic E-state index is 4.30. The Hall–Kier alpha value is -1.74. The second kappa shape index (κ2) is 5.55. The molecule has 2 rings (SSSR count). The monoisotopic (exact) mass is 227 g/mol. The molecule has 1 heterocycles. The molecule has 0 saturated carbocycles. The van der Waals surface area contributed by atoms with Gasteiger partial charge in [0.05, 0.1) is 6.04 Å². The SMILES string of the molecule is CCc1ccc(C(NC)c2ncccn2)cc1. The Kier molecular flexibility index (Phi) is 3.83. The van der Waals surface area contributed by atoms with Gasteiger partial charge in [0.2, 0.25) is 0 Å². The molecule has 0 radical (unpaired) electrons. The third kappa shape index (κ3) is 2.68. The number of hydrogen-bond acceptors (Lipinski definition) is 3. The molecule has 2 aromatic rings. The second-order valence-electron chi connectivity index (χ2n) is 3.92. The molecule has 0 amide bonds. The van der Waals surface area contributed by atoms with Crippen molar-refractivity contribution in [3.8, 4) is 0 Å². The fraction of sp³-hybridized carbons (Fsp3) is 0.286. The highest BCUT2D eigenvalue weighted by Gasteiger charge is 2.13. The summed E-state index contributed by atoms with van der Waals surface area (Å²) in [5.41, 5.74) is 2.54. The van der Waals surface area contributed by atoms with E-state index in [4.69, 9.17) is 0 Å². The van der Waals surface area contributed by atoms with Gasteiger partial charge in [0.15, 0.2) is 0 Å². The van der Waals surface area contributed by atoms with Gasteiger partial charge in [-0.1, -0.05) is 31.2 Å². The summed E-state index contributed by atoms with van der Waals surface area (Å²) in [6.45, 7) is 2.16. The summed E-state index contributed by atoms with van der Waals surface area (Å²) < 4.78 is 0. The Morgan fingerprint density at radius 3 is 2.29 bits per heavy atom. The first kappa shape index (κ1) is 11.7. The summed E-state index contributed by atoms with van der Waals surface area (Å²) in [6, 6.07) is 10.5. The summed E-state index contributed by atoms with van der Waals surface area (Å²) in [5.74, 6) is 0.805. The van der Waals surface area contributed by atoms with Crippen LogP contribution in [0.5, 0.6) is 0 Å². The number of nitrogens with one attached hydrogen (secondary N) is 1. The van der Waals surface area contributed by atoms with Gasteiger partial charge in [-0.15, -0.1) is 0 Å². The van der Waals surface area contributed by atoms with Gasteiger partial charge in [-0.2, -0.15) is 0 Å². The summed E-state index contributed by atoms with van der Waals surface area (Å²) in [7, 11) is 1.93. The number of hydrogen-bond donors (Lipinski definition) is 1. The van der Waals surface area contributed by atoms with Gasteiger partial charge in [-0.25, -0.2) is 9.97 Å². The molecule has 0 fully saturated rings. The smallest absolute Gasteiger partial charge is 0.149 e. The van der Waals surface area contributed by atoms with E-state index < -0.39 is 0 Å². The van der Waals surface area contributed by atoms with Gasteiger partial charge < -0.3 is 5.32 Å². The largest absolute Gasteiger partial charge is 0.307 e. The van der Waals surface area contributed by atoms with Crippen LogP contribution < -0.4 is 5.32 Å². The molecule has 0 bridgehead atoms. The van der Waals surface area contributed by atoms with Crippen molar-refractivity contribution in [2.45, 2.75) is 19.4 Å². The molecule has 3 heteroatoms. The molecule has 1 aromatic heterocycles. The zero-order valence-electron chi connectivity index (χ0n) is 10.2. The van der Waals surface area contributed by atoms with Crippen LogP contribution in [0.1, 0.15) is 29.9 Å². The molecule has 88 valence electrons. The molecule has 1 aromatic carbocycles. The Balaban J connectivity index is 2.29. The maximum absolute atomic E-state index is 4.30. The third-order valence-electron chi connectivity index (χ3n) is 2.85.